The van der Waals surface area contributed by atoms with Gasteiger partial charge in [-0.1, -0.05) is 20.3 Å². The van der Waals surface area contributed by atoms with Crippen molar-refractivity contribution in [3.8, 4) is 0 Å². The van der Waals surface area contributed by atoms with Crippen LogP contribution >= 0.6 is 0 Å². The van der Waals surface area contributed by atoms with Crippen LogP contribution in [0.5, 0.6) is 0 Å². The molecule has 112 valence electrons. The lowest BCUT2D eigenvalue weighted by Gasteiger charge is -2.29. The fourth-order valence-electron chi connectivity index (χ4n) is 2.06. The van der Waals surface area contributed by atoms with Gasteiger partial charge >= 0.3 is 0 Å². The van der Waals surface area contributed by atoms with Gasteiger partial charge in [0.15, 0.2) is 0 Å². The van der Waals surface area contributed by atoms with E-state index < -0.39 is 5.82 Å². The van der Waals surface area contributed by atoms with Crippen LogP contribution < -0.4 is 5.73 Å². The minimum atomic E-state index is -0.423. The van der Waals surface area contributed by atoms with Gasteiger partial charge in [-0.05, 0) is 38.8 Å². The van der Waals surface area contributed by atoms with Crippen molar-refractivity contribution in [2.24, 2.45) is 0 Å². The molecule has 0 fully saturated rings. The Morgan fingerprint density at radius 1 is 1.40 bits per heavy atom. The van der Waals surface area contributed by atoms with Crippen LogP contribution in [-0.2, 0) is 0 Å². The maximum absolute atomic E-state index is 13.7. The van der Waals surface area contributed by atoms with Gasteiger partial charge in [0.25, 0.3) is 5.91 Å². The molecule has 0 spiro atoms. The number of nitrogens with two attached hydrogens (primary N) is 1. The number of hydrogen-bond donors (Lipinski definition) is 1. The molecule has 2 N–H and O–H groups in total. The Balaban J connectivity index is 3.05. The molecule has 0 bridgehead atoms. The predicted molar refractivity (Wildman–Crippen MR) is 81.2 cm³/mol. The first-order valence-electron chi connectivity index (χ1n) is 7.28. The molecule has 3 nitrogen and oxygen atoms in total. The molecule has 1 unspecified atom stereocenters. The fourth-order valence-corrected chi connectivity index (χ4v) is 2.06. The monoisotopic (exact) mass is 280 g/mol. The highest BCUT2D eigenvalue weighted by molar-refractivity contribution is 5.95. The predicted octanol–water partition coefficient (Wildman–Crippen LogP) is 3.76. The summed E-state index contributed by atoms with van der Waals surface area (Å²) in [6.45, 7) is 8.45. The SMILES string of the molecule is CCCCN(C(=O)c1cc(N)c(C)c(F)c1)C(C)CC. The smallest absolute Gasteiger partial charge is 0.254 e. The Bertz CT molecular complexity index is 451. The molecule has 0 saturated carbocycles. The molecular weight excluding hydrogens is 255 g/mol. The van der Waals surface area contributed by atoms with Crippen molar-refractivity contribution < 1.29 is 9.18 Å². The number of anilines is 1. The second-order valence-electron chi connectivity index (χ2n) is 5.28. The second-order valence-corrected chi connectivity index (χ2v) is 5.28. The average Bonchev–Trinajstić information content (AvgIpc) is 2.43. The highest BCUT2D eigenvalue weighted by Gasteiger charge is 2.21. The van der Waals surface area contributed by atoms with E-state index in [1.54, 1.807) is 13.0 Å². The van der Waals surface area contributed by atoms with E-state index >= 15 is 0 Å². The lowest BCUT2D eigenvalue weighted by molar-refractivity contribution is 0.0685. The molecular formula is C16H25FN2O. The van der Waals surface area contributed by atoms with Crippen molar-refractivity contribution in [1.29, 1.82) is 0 Å². The van der Waals surface area contributed by atoms with Crippen LogP contribution in [0.3, 0.4) is 0 Å². The Labute approximate surface area is 121 Å². The van der Waals surface area contributed by atoms with Crippen molar-refractivity contribution in [2.75, 3.05) is 12.3 Å². The van der Waals surface area contributed by atoms with E-state index in [1.165, 1.54) is 6.07 Å². The third-order valence-corrected chi connectivity index (χ3v) is 3.77. The molecule has 4 heteroatoms. The molecule has 0 heterocycles. The van der Waals surface area contributed by atoms with Crippen molar-refractivity contribution in [3.63, 3.8) is 0 Å². The topological polar surface area (TPSA) is 46.3 Å². The van der Waals surface area contributed by atoms with E-state index in [0.717, 1.165) is 19.3 Å². The number of carbonyl (C=O) groups excluding carboxylic acids is 1. The van der Waals surface area contributed by atoms with Crippen LogP contribution in [-0.4, -0.2) is 23.4 Å². The molecule has 0 aromatic heterocycles. The summed E-state index contributed by atoms with van der Waals surface area (Å²) in [7, 11) is 0. The van der Waals surface area contributed by atoms with Crippen molar-refractivity contribution >= 4 is 11.6 Å². The maximum atomic E-state index is 13.7. The van der Waals surface area contributed by atoms with E-state index in [0.29, 0.717) is 23.4 Å². The second kappa shape index (κ2) is 7.27. The van der Waals surface area contributed by atoms with Crippen molar-refractivity contribution in [1.82, 2.24) is 4.90 Å². The maximum Gasteiger partial charge on any atom is 0.254 e. The van der Waals surface area contributed by atoms with Gasteiger partial charge in [-0.2, -0.15) is 0 Å². The summed E-state index contributed by atoms with van der Waals surface area (Å²) in [5, 5.41) is 0. The summed E-state index contributed by atoms with van der Waals surface area (Å²) in [4.78, 5) is 14.4. The summed E-state index contributed by atoms with van der Waals surface area (Å²) in [5.74, 6) is -0.564. The number of amides is 1. The van der Waals surface area contributed by atoms with Gasteiger partial charge in [0, 0.05) is 29.4 Å². The van der Waals surface area contributed by atoms with Gasteiger partial charge in [0.1, 0.15) is 5.82 Å². The fraction of sp³-hybridized carbons (Fsp3) is 0.562. The summed E-state index contributed by atoms with van der Waals surface area (Å²) in [5.41, 5.74) is 6.81. The lowest BCUT2D eigenvalue weighted by Crippen LogP contribution is -2.39. The van der Waals surface area contributed by atoms with Gasteiger partial charge in [-0.15, -0.1) is 0 Å². The largest absolute Gasteiger partial charge is 0.398 e. The highest BCUT2D eigenvalue weighted by Crippen LogP contribution is 2.20. The van der Waals surface area contributed by atoms with E-state index in [9.17, 15) is 9.18 Å². The van der Waals surface area contributed by atoms with Crippen LogP contribution in [0.1, 0.15) is 56.0 Å². The Hall–Kier alpha value is -1.58. The Kier molecular flexibility index (Phi) is 5.99. The van der Waals surface area contributed by atoms with Crippen LogP contribution in [0, 0.1) is 12.7 Å². The Morgan fingerprint density at radius 3 is 2.55 bits per heavy atom. The van der Waals surface area contributed by atoms with E-state index in [2.05, 4.69) is 6.92 Å². The first kappa shape index (κ1) is 16.5. The van der Waals surface area contributed by atoms with Gasteiger partial charge in [0.05, 0.1) is 0 Å². The van der Waals surface area contributed by atoms with Gasteiger partial charge in [-0.3, -0.25) is 4.79 Å². The van der Waals surface area contributed by atoms with Crippen LogP contribution in [0.4, 0.5) is 10.1 Å². The zero-order valence-electron chi connectivity index (χ0n) is 12.9. The Morgan fingerprint density at radius 2 is 2.05 bits per heavy atom. The van der Waals surface area contributed by atoms with E-state index in [-0.39, 0.29) is 11.9 Å². The average molecular weight is 280 g/mol. The zero-order chi connectivity index (χ0) is 15.3. The zero-order valence-corrected chi connectivity index (χ0v) is 12.9. The molecule has 20 heavy (non-hydrogen) atoms. The molecule has 1 atom stereocenters. The number of nitrogens with zero attached hydrogens (tertiary/aromatic N) is 1. The normalized spacial score (nSPS) is 12.2. The third-order valence-electron chi connectivity index (χ3n) is 3.77. The summed E-state index contributed by atoms with van der Waals surface area (Å²) >= 11 is 0. The minimum absolute atomic E-state index is 0.139. The number of hydrogen-bond acceptors (Lipinski definition) is 2. The van der Waals surface area contributed by atoms with Crippen LogP contribution in [0.2, 0.25) is 0 Å². The number of carbonyl (C=O) groups is 1. The van der Waals surface area contributed by atoms with Crippen LogP contribution in [0.25, 0.3) is 0 Å². The van der Waals surface area contributed by atoms with E-state index in [4.69, 9.17) is 5.73 Å². The number of benzene rings is 1. The molecule has 1 aromatic carbocycles. The number of halogens is 1. The van der Waals surface area contributed by atoms with Crippen molar-refractivity contribution in [3.05, 3.63) is 29.1 Å². The highest BCUT2D eigenvalue weighted by atomic mass is 19.1. The van der Waals surface area contributed by atoms with Gasteiger partial charge < -0.3 is 10.6 Å². The first-order chi connectivity index (χ1) is 9.42. The first-order valence-corrected chi connectivity index (χ1v) is 7.28. The van der Waals surface area contributed by atoms with Gasteiger partial charge in [0.2, 0.25) is 0 Å². The third kappa shape index (κ3) is 3.71. The molecule has 1 rings (SSSR count). The standard InChI is InChI=1S/C16H25FN2O/c1-5-7-8-19(11(3)6-2)16(20)13-9-14(17)12(4)15(18)10-13/h9-11H,5-8,18H2,1-4H3. The quantitative estimate of drug-likeness (QED) is 0.806. The minimum Gasteiger partial charge on any atom is -0.398 e. The van der Waals surface area contributed by atoms with E-state index in [1.807, 2.05) is 18.7 Å². The van der Waals surface area contributed by atoms with Crippen LogP contribution in [0.15, 0.2) is 12.1 Å². The molecule has 0 aliphatic rings. The molecule has 0 aliphatic carbocycles. The number of nitrogen functional groups attached to an aromatic ring is 1. The summed E-state index contributed by atoms with van der Waals surface area (Å²) in [6, 6.07) is 3.00. The summed E-state index contributed by atoms with van der Waals surface area (Å²) in [6.07, 6.45) is 2.84. The van der Waals surface area contributed by atoms with Gasteiger partial charge in [-0.25, -0.2) is 4.39 Å². The lowest BCUT2D eigenvalue weighted by atomic mass is 10.1. The molecule has 1 amide bonds. The molecule has 0 saturated heterocycles. The number of unbranched alkanes of at least 4 members (excludes halogenated alkanes) is 1. The number of rotatable bonds is 6. The summed E-state index contributed by atoms with van der Waals surface area (Å²) < 4.78 is 13.7. The van der Waals surface area contributed by atoms with Crippen molar-refractivity contribution in [2.45, 2.75) is 53.0 Å². The molecule has 0 aliphatic heterocycles. The molecule has 1 aromatic rings. The molecule has 0 radical (unpaired) electrons.